The van der Waals surface area contributed by atoms with Crippen molar-refractivity contribution < 1.29 is 21.9 Å². The Bertz CT molecular complexity index is 1050. The van der Waals surface area contributed by atoms with Gasteiger partial charge in [-0.3, -0.25) is 0 Å². The number of hydrogen-bond donors (Lipinski definition) is 1. The van der Waals surface area contributed by atoms with E-state index in [1.54, 1.807) is 6.07 Å². The van der Waals surface area contributed by atoms with Crippen molar-refractivity contribution in [2.75, 3.05) is 56.2 Å². The van der Waals surface area contributed by atoms with E-state index in [1.165, 1.54) is 34.6 Å². The summed E-state index contributed by atoms with van der Waals surface area (Å²) in [4.78, 5) is 2.12. The number of hydrogen-bond acceptors (Lipinski definition) is 5. The van der Waals surface area contributed by atoms with Gasteiger partial charge in [0, 0.05) is 38.4 Å². The SMILES string of the molecule is O=S(=O)(c1ccc(F)cc1)N1CC2C(CNc3ccc(N4CCOCC4)c(F)c3)C2C1. The van der Waals surface area contributed by atoms with Gasteiger partial charge in [0.1, 0.15) is 11.6 Å². The first-order chi connectivity index (χ1) is 14.9. The molecule has 6 nitrogen and oxygen atoms in total. The average Bonchev–Trinajstić information content (AvgIpc) is 3.21. The summed E-state index contributed by atoms with van der Waals surface area (Å²) in [6.45, 7) is 4.23. The molecule has 1 saturated carbocycles. The molecular formula is C22H25F2N3O3S. The fraction of sp³-hybridized carbons (Fsp3) is 0.455. The smallest absolute Gasteiger partial charge is 0.243 e. The second-order valence-electron chi connectivity index (χ2n) is 8.41. The Kier molecular flexibility index (Phi) is 5.35. The molecule has 1 N–H and O–H groups in total. The lowest BCUT2D eigenvalue weighted by atomic mass is 10.2. The molecule has 2 aromatic rings. The fourth-order valence-corrected chi connectivity index (χ4v) is 6.29. The Morgan fingerprint density at radius 3 is 2.32 bits per heavy atom. The standard InChI is InChI=1S/C22H25F2N3O3S/c23-15-1-4-17(5-2-15)31(28,29)27-13-19-18(20(19)14-27)12-25-16-3-6-22(21(24)11-16)26-7-9-30-10-8-26/h1-6,11,18-20,25H,7-10,12-14H2. The van der Waals surface area contributed by atoms with Crippen molar-refractivity contribution >= 4 is 21.4 Å². The van der Waals surface area contributed by atoms with E-state index in [-0.39, 0.29) is 10.7 Å². The van der Waals surface area contributed by atoms with Gasteiger partial charge >= 0.3 is 0 Å². The molecule has 2 unspecified atom stereocenters. The molecule has 0 amide bonds. The summed E-state index contributed by atoms with van der Waals surface area (Å²) in [6.07, 6.45) is 0. The van der Waals surface area contributed by atoms with E-state index >= 15 is 0 Å². The molecule has 2 atom stereocenters. The maximum absolute atomic E-state index is 14.6. The highest BCUT2D eigenvalue weighted by Crippen LogP contribution is 2.52. The number of anilines is 2. The summed E-state index contributed by atoms with van der Waals surface area (Å²) in [5, 5.41) is 3.30. The van der Waals surface area contributed by atoms with Crippen LogP contribution >= 0.6 is 0 Å². The van der Waals surface area contributed by atoms with Crippen LogP contribution in [-0.4, -0.2) is 58.7 Å². The van der Waals surface area contributed by atoms with E-state index in [9.17, 15) is 17.2 Å². The van der Waals surface area contributed by atoms with Crippen LogP contribution in [0, 0.1) is 29.4 Å². The third-order valence-corrected chi connectivity index (χ3v) is 8.48. The van der Waals surface area contributed by atoms with Crippen molar-refractivity contribution in [3.8, 4) is 0 Å². The minimum Gasteiger partial charge on any atom is -0.385 e. The van der Waals surface area contributed by atoms with Crippen LogP contribution in [0.3, 0.4) is 0 Å². The number of nitrogens with zero attached hydrogens (tertiary/aromatic N) is 2. The van der Waals surface area contributed by atoms with Gasteiger partial charge in [0.05, 0.1) is 23.8 Å². The quantitative estimate of drug-likeness (QED) is 0.735. The minimum atomic E-state index is -3.59. The highest BCUT2D eigenvalue weighted by atomic mass is 32.2. The lowest BCUT2D eigenvalue weighted by Gasteiger charge is -2.29. The van der Waals surface area contributed by atoms with Crippen LogP contribution in [0.5, 0.6) is 0 Å². The van der Waals surface area contributed by atoms with Gasteiger partial charge in [-0.15, -0.1) is 0 Å². The molecular weight excluding hydrogens is 424 g/mol. The number of piperidine rings is 1. The molecule has 0 radical (unpaired) electrons. The molecule has 2 saturated heterocycles. The van der Waals surface area contributed by atoms with Gasteiger partial charge in [-0.05, 0) is 60.2 Å². The molecule has 9 heteroatoms. The van der Waals surface area contributed by atoms with E-state index in [0.717, 1.165) is 5.69 Å². The zero-order chi connectivity index (χ0) is 21.6. The minimum absolute atomic E-state index is 0.126. The number of morpholine rings is 1. The van der Waals surface area contributed by atoms with Crippen molar-refractivity contribution in [3.63, 3.8) is 0 Å². The maximum Gasteiger partial charge on any atom is 0.243 e. The maximum atomic E-state index is 14.6. The molecule has 0 spiro atoms. The van der Waals surface area contributed by atoms with Gasteiger partial charge in [0.15, 0.2) is 0 Å². The number of ether oxygens (including phenoxy) is 1. The second-order valence-corrected chi connectivity index (χ2v) is 10.4. The fourth-order valence-electron chi connectivity index (χ4n) is 4.78. The Morgan fingerprint density at radius 2 is 1.68 bits per heavy atom. The Hall–Kier alpha value is -2.23. The molecule has 166 valence electrons. The zero-order valence-corrected chi connectivity index (χ0v) is 17.8. The van der Waals surface area contributed by atoms with Gasteiger partial charge in [0.2, 0.25) is 10.0 Å². The molecule has 0 bridgehead atoms. The number of nitrogens with one attached hydrogen (secondary N) is 1. The molecule has 1 aliphatic carbocycles. The summed E-state index contributed by atoms with van der Waals surface area (Å²) >= 11 is 0. The normalized spacial score (nSPS) is 26.0. The topological polar surface area (TPSA) is 61.9 Å². The van der Waals surface area contributed by atoms with Gasteiger partial charge in [-0.2, -0.15) is 4.31 Å². The highest BCUT2D eigenvalue weighted by Gasteiger charge is 2.57. The summed E-state index contributed by atoms with van der Waals surface area (Å²) < 4.78 is 59.9. The Morgan fingerprint density at radius 1 is 1.00 bits per heavy atom. The Labute approximate surface area is 180 Å². The average molecular weight is 450 g/mol. The molecule has 2 aliphatic heterocycles. The molecule has 3 aliphatic rings. The van der Waals surface area contributed by atoms with E-state index in [1.807, 2.05) is 11.0 Å². The van der Waals surface area contributed by atoms with Crippen molar-refractivity contribution in [2.45, 2.75) is 4.90 Å². The first-order valence-electron chi connectivity index (χ1n) is 10.6. The molecule has 31 heavy (non-hydrogen) atoms. The first kappa shape index (κ1) is 20.7. The van der Waals surface area contributed by atoms with Crippen LogP contribution in [0.1, 0.15) is 0 Å². The Balaban J connectivity index is 1.15. The first-order valence-corrected chi connectivity index (χ1v) is 12.0. The predicted octanol–water partition coefficient (Wildman–Crippen LogP) is 2.78. The van der Waals surface area contributed by atoms with Crippen LogP contribution in [0.25, 0.3) is 0 Å². The van der Waals surface area contributed by atoms with E-state index < -0.39 is 15.8 Å². The predicted molar refractivity (Wildman–Crippen MR) is 114 cm³/mol. The lowest BCUT2D eigenvalue weighted by molar-refractivity contribution is 0.122. The number of halogens is 2. The summed E-state index contributed by atoms with van der Waals surface area (Å²) in [5.74, 6) is 0.283. The third kappa shape index (κ3) is 4.02. The van der Waals surface area contributed by atoms with Crippen LogP contribution in [0.2, 0.25) is 0 Å². The number of rotatable bonds is 6. The molecule has 5 rings (SSSR count). The van der Waals surface area contributed by atoms with Crippen LogP contribution < -0.4 is 10.2 Å². The van der Waals surface area contributed by atoms with E-state index in [4.69, 9.17) is 4.74 Å². The van der Waals surface area contributed by atoms with Gasteiger partial charge in [-0.25, -0.2) is 17.2 Å². The van der Waals surface area contributed by atoms with Crippen LogP contribution in [0.4, 0.5) is 20.2 Å². The van der Waals surface area contributed by atoms with E-state index in [2.05, 4.69) is 5.32 Å². The molecule has 2 aromatic carbocycles. The highest BCUT2D eigenvalue weighted by molar-refractivity contribution is 7.89. The second kappa shape index (κ2) is 8.03. The van der Waals surface area contributed by atoms with Gasteiger partial charge < -0.3 is 15.0 Å². The van der Waals surface area contributed by atoms with Crippen molar-refractivity contribution in [1.82, 2.24) is 4.31 Å². The number of fused-ring (bicyclic) bond motifs is 1. The van der Waals surface area contributed by atoms with Crippen LogP contribution in [0.15, 0.2) is 47.4 Å². The zero-order valence-electron chi connectivity index (χ0n) is 17.0. The number of benzene rings is 2. The third-order valence-electron chi connectivity index (χ3n) is 6.63. The molecule has 0 aromatic heterocycles. The summed E-state index contributed by atoms with van der Waals surface area (Å²) in [5.41, 5.74) is 1.33. The summed E-state index contributed by atoms with van der Waals surface area (Å²) in [6, 6.07) is 10.2. The van der Waals surface area contributed by atoms with Crippen molar-refractivity contribution in [2.24, 2.45) is 17.8 Å². The van der Waals surface area contributed by atoms with E-state index in [0.29, 0.717) is 69.4 Å². The van der Waals surface area contributed by atoms with Crippen molar-refractivity contribution in [3.05, 3.63) is 54.1 Å². The lowest BCUT2D eigenvalue weighted by Crippen LogP contribution is -2.36. The monoisotopic (exact) mass is 449 g/mol. The largest absolute Gasteiger partial charge is 0.385 e. The van der Waals surface area contributed by atoms with Gasteiger partial charge in [0.25, 0.3) is 0 Å². The number of sulfonamides is 1. The van der Waals surface area contributed by atoms with Gasteiger partial charge in [-0.1, -0.05) is 0 Å². The summed E-state index contributed by atoms with van der Waals surface area (Å²) in [7, 11) is -3.59. The van der Waals surface area contributed by atoms with Crippen molar-refractivity contribution in [1.29, 1.82) is 0 Å². The van der Waals surface area contributed by atoms with Crippen LogP contribution in [-0.2, 0) is 14.8 Å². The molecule has 2 heterocycles. The molecule has 3 fully saturated rings.